The van der Waals surface area contributed by atoms with E-state index in [4.69, 9.17) is 22.1 Å². The summed E-state index contributed by atoms with van der Waals surface area (Å²) in [5.74, 6) is 0.814. The van der Waals surface area contributed by atoms with E-state index < -0.39 is 0 Å². The Kier molecular flexibility index (Phi) is 4.03. The number of aromatic nitrogens is 3. The Morgan fingerprint density at radius 1 is 1.14 bits per heavy atom. The lowest BCUT2D eigenvalue weighted by Gasteiger charge is -2.10. The van der Waals surface area contributed by atoms with E-state index in [0.29, 0.717) is 19.7 Å². The maximum absolute atomic E-state index is 6.19. The van der Waals surface area contributed by atoms with Crippen LogP contribution < -0.4 is 10.5 Å². The van der Waals surface area contributed by atoms with Crippen molar-refractivity contribution in [2.75, 3.05) is 6.61 Å². The van der Waals surface area contributed by atoms with Crippen molar-refractivity contribution in [1.82, 2.24) is 15.0 Å². The number of rotatable bonds is 5. The lowest BCUT2D eigenvalue weighted by atomic mass is 10.1. The second-order valence-corrected chi connectivity index (χ2v) is 5.02. The first-order chi connectivity index (χ1) is 10.3. The first-order valence-corrected chi connectivity index (χ1v) is 7.05. The van der Waals surface area contributed by atoms with Gasteiger partial charge < -0.3 is 10.5 Å². The van der Waals surface area contributed by atoms with Crippen LogP contribution in [0.2, 0.25) is 5.02 Å². The molecule has 3 aromatic rings. The summed E-state index contributed by atoms with van der Waals surface area (Å²) in [6, 6.07) is 11.6. The van der Waals surface area contributed by atoms with Gasteiger partial charge >= 0.3 is 0 Å². The van der Waals surface area contributed by atoms with Crippen LogP contribution in [-0.4, -0.2) is 21.6 Å². The summed E-state index contributed by atoms with van der Waals surface area (Å²) in [5, 5.41) is 10.6. The average Bonchev–Trinajstić information content (AvgIpc) is 2.98. The highest BCUT2D eigenvalue weighted by atomic mass is 35.5. The number of benzene rings is 2. The van der Waals surface area contributed by atoms with E-state index in [0.717, 1.165) is 27.2 Å². The Morgan fingerprint density at radius 2 is 1.95 bits per heavy atom. The number of fused-ring (bicyclic) bond motifs is 1. The molecule has 108 valence electrons. The molecule has 0 unspecified atom stereocenters. The van der Waals surface area contributed by atoms with Crippen molar-refractivity contribution in [1.29, 1.82) is 0 Å². The molecule has 0 bridgehead atoms. The van der Waals surface area contributed by atoms with Crippen LogP contribution in [0, 0.1) is 0 Å². The molecule has 0 aliphatic heterocycles. The van der Waals surface area contributed by atoms with Gasteiger partial charge in [-0.1, -0.05) is 41.1 Å². The Balaban J connectivity index is 1.72. The molecule has 0 aliphatic rings. The molecule has 2 N–H and O–H groups in total. The van der Waals surface area contributed by atoms with Crippen molar-refractivity contribution < 1.29 is 4.74 Å². The Hall–Kier alpha value is -2.11. The van der Waals surface area contributed by atoms with Gasteiger partial charge in [-0.3, -0.25) is 0 Å². The van der Waals surface area contributed by atoms with E-state index in [9.17, 15) is 0 Å². The fraction of sp³-hybridized carbons (Fsp3) is 0.200. The molecule has 0 radical (unpaired) electrons. The van der Waals surface area contributed by atoms with Gasteiger partial charge in [-0.2, -0.15) is 0 Å². The van der Waals surface area contributed by atoms with E-state index in [2.05, 4.69) is 10.3 Å². The van der Waals surface area contributed by atoms with Crippen molar-refractivity contribution in [2.45, 2.75) is 13.1 Å². The van der Waals surface area contributed by atoms with Crippen LogP contribution in [0.5, 0.6) is 5.75 Å². The van der Waals surface area contributed by atoms with Gasteiger partial charge in [0.15, 0.2) is 0 Å². The second-order valence-electron chi connectivity index (χ2n) is 4.62. The molecule has 6 heteroatoms. The molecule has 3 rings (SSSR count). The Bertz CT molecular complexity index is 756. The normalized spacial score (nSPS) is 11.0. The van der Waals surface area contributed by atoms with Crippen LogP contribution in [0.15, 0.2) is 42.6 Å². The fourth-order valence-corrected chi connectivity index (χ4v) is 2.38. The third kappa shape index (κ3) is 2.99. The third-order valence-electron chi connectivity index (χ3n) is 3.20. The highest BCUT2D eigenvalue weighted by Gasteiger charge is 2.05. The molecular formula is C15H15ClN4O. The van der Waals surface area contributed by atoms with Gasteiger partial charge in [-0.15, -0.1) is 5.10 Å². The van der Waals surface area contributed by atoms with Gasteiger partial charge in [-0.25, -0.2) is 4.68 Å². The minimum absolute atomic E-state index is 0.392. The van der Waals surface area contributed by atoms with Gasteiger partial charge in [0, 0.05) is 28.5 Å². The third-order valence-corrected chi connectivity index (χ3v) is 3.53. The molecule has 1 aromatic heterocycles. The molecule has 0 saturated carbocycles. The van der Waals surface area contributed by atoms with Crippen LogP contribution >= 0.6 is 11.6 Å². The van der Waals surface area contributed by atoms with Crippen molar-refractivity contribution in [2.24, 2.45) is 5.73 Å². The summed E-state index contributed by atoms with van der Waals surface area (Å²) in [6.07, 6.45) is 1.82. The number of nitrogens with two attached hydrogens (primary N) is 1. The van der Waals surface area contributed by atoms with Crippen molar-refractivity contribution in [3.63, 3.8) is 0 Å². The number of halogens is 1. The quantitative estimate of drug-likeness (QED) is 0.787. The lowest BCUT2D eigenvalue weighted by molar-refractivity contribution is 0.293. The molecule has 21 heavy (non-hydrogen) atoms. The second kappa shape index (κ2) is 6.11. The topological polar surface area (TPSA) is 66.0 Å². The number of ether oxygens (including phenoxy) is 1. The van der Waals surface area contributed by atoms with Crippen molar-refractivity contribution in [3.05, 3.63) is 53.3 Å². The molecule has 1 heterocycles. The van der Waals surface area contributed by atoms with Gasteiger partial charge in [0.05, 0.1) is 12.2 Å². The zero-order chi connectivity index (χ0) is 14.7. The zero-order valence-electron chi connectivity index (χ0n) is 11.4. The monoisotopic (exact) mass is 302 g/mol. The molecule has 5 nitrogen and oxygen atoms in total. The van der Waals surface area contributed by atoms with Gasteiger partial charge in [0.25, 0.3) is 0 Å². The lowest BCUT2D eigenvalue weighted by Crippen LogP contribution is -2.09. The maximum atomic E-state index is 6.19. The van der Waals surface area contributed by atoms with Crippen LogP contribution in [0.25, 0.3) is 10.8 Å². The minimum Gasteiger partial charge on any atom is -0.491 e. The van der Waals surface area contributed by atoms with E-state index in [-0.39, 0.29) is 0 Å². The largest absolute Gasteiger partial charge is 0.491 e. The molecule has 0 aliphatic carbocycles. The summed E-state index contributed by atoms with van der Waals surface area (Å²) in [4.78, 5) is 0. The summed E-state index contributed by atoms with van der Waals surface area (Å²) in [5.41, 5.74) is 6.27. The summed E-state index contributed by atoms with van der Waals surface area (Å²) < 4.78 is 7.57. The van der Waals surface area contributed by atoms with Crippen LogP contribution in [0.3, 0.4) is 0 Å². The van der Waals surface area contributed by atoms with E-state index >= 15 is 0 Å². The Morgan fingerprint density at radius 3 is 2.71 bits per heavy atom. The SMILES string of the molecule is NCc1cn(CCOc2ccc(Cl)c3ccccc23)nn1. The van der Waals surface area contributed by atoms with Gasteiger partial charge in [0.1, 0.15) is 12.4 Å². The first kappa shape index (κ1) is 13.9. The van der Waals surface area contributed by atoms with E-state index in [1.165, 1.54) is 0 Å². The number of nitrogens with zero attached hydrogens (tertiary/aromatic N) is 3. The highest BCUT2D eigenvalue weighted by Crippen LogP contribution is 2.31. The molecular weight excluding hydrogens is 288 g/mol. The average molecular weight is 303 g/mol. The number of hydrogen-bond acceptors (Lipinski definition) is 4. The summed E-state index contributed by atoms with van der Waals surface area (Å²) >= 11 is 6.19. The zero-order valence-corrected chi connectivity index (χ0v) is 12.1. The maximum Gasteiger partial charge on any atom is 0.127 e. The van der Waals surface area contributed by atoms with Gasteiger partial charge in [0.2, 0.25) is 0 Å². The van der Waals surface area contributed by atoms with Crippen molar-refractivity contribution >= 4 is 22.4 Å². The standard InChI is InChI=1S/C15H15ClN4O/c16-14-5-6-15(13-4-2-1-3-12(13)14)21-8-7-20-10-11(9-17)18-19-20/h1-6,10H,7-9,17H2. The van der Waals surface area contributed by atoms with E-state index in [1.807, 2.05) is 42.6 Å². The van der Waals surface area contributed by atoms with E-state index in [1.54, 1.807) is 4.68 Å². The van der Waals surface area contributed by atoms with Crippen LogP contribution in [0.4, 0.5) is 0 Å². The number of hydrogen-bond donors (Lipinski definition) is 1. The van der Waals surface area contributed by atoms with Crippen LogP contribution in [0.1, 0.15) is 5.69 Å². The molecule has 0 spiro atoms. The highest BCUT2D eigenvalue weighted by molar-refractivity contribution is 6.35. The molecule has 0 amide bonds. The Labute approximate surface area is 127 Å². The minimum atomic E-state index is 0.392. The summed E-state index contributed by atoms with van der Waals surface area (Å²) in [7, 11) is 0. The predicted octanol–water partition coefficient (Wildman–Crippen LogP) is 2.62. The van der Waals surface area contributed by atoms with Crippen LogP contribution in [-0.2, 0) is 13.1 Å². The van der Waals surface area contributed by atoms with Gasteiger partial charge in [-0.05, 0) is 12.1 Å². The first-order valence-electron chi connectivity index (χ1n) is 6.67. The smallest absolute Gasteiger partial charge is 0.127 e. The molecule has 0 saturated heterocycles. The molecule has 0 atom stereocenters. The van der Waals surface area contributed by atoms with Crippen molar-refractivity contribution in [3.8, 4) is 5.75 Å². The predicted molar refractivity (Wildman–Crippen MR) is 82.4 cm³/mol. The molecule has 2 aromatic carbocycles. The fourth-order valence-electron chi connectivity index (χ4n) is 2.15. The summed E-state index contributed by atoms with van der Waals surface area (Å²) in [6.45, 7) is 1.51. The molecule has 0 fully saturated rings.